The van der Waals surface area contributed by atoms with E-state index in [2.05, 4.69) is 10.3 Å². The van der Waals surface area contributed by atoms with Crippen molar-refractivity contribution in [3.05, 3.63) is 24.5 Å². The Kier molecular flexibility index (Phi) is 5.71. The zero-order valence-electron chi connectivity index (χ0n) is 14.6. The number of likely N-dealkylation sites (tertiary alicyclic amines) is 1. The van der Waals surface area contributed by atoms with E-state index in [1.54, 1.807) is 18.3 Å². The van der Waals surface area contributed by atoms with Crippen LogP contribution >= 0.6 is 0 Å². The number of hydrogen-bond donors (Lipinski definition) is 1. The highest BCUT2D eigenvalue weighted by Crippen LogP contribution is 2.25. The fourth-order valence-corrected chi connectivity index (χ4v) is 5.10. The van der Waals surface area contributed by atoms with Gasteiger partial charge in [0.05, 0.1) is 0 Å². The Labute approximate surface area is 149 Å². The predicted octanol–water partition coefficient (Wildman–Crippen LogP) is 0.693. The SMILES string of the molecule is CNC1CCCN(C(=O)C2CCN(S(=O)(=O)c3cccnc3)CC2)C1. The lowest BCUT2D eigenvalue weighted by Gasteiger charge is -2.37. The Balaban J connectivity index is 1.59. The van der Waals surface area contributed by atoms with Gasteiger partial charge in [0, 0.05) is 50.5 Å². The van der Waals surface area contributed by atoms with Crippen LogP contribution in [-0.2, 0) is 14.8 Å². The van der Waals surface area contributed by atoms with Gasteiger partial charge in [0.15, 0.2) is 0 Å². The minimum absolute atomic E-state index is 0.0732. The van der Waals surface area contributed by atoms with Crippen molar-refractivity contribution in [3.8, 4) is 0 Å². The fraction of sp³-hybridized carbons (Fsp3) is 0.647. The lowest BCUT2D eigenvalue weighted by molar-refractivity contribution is -0.138. The van der Waals surface area contributed by atoms with Crippen LogP contribution in [0.4, 0.5) is 0 Å². The second-order valence-corrected chi connectivity index (χ2v) is 8.72. The van der Waals surface area contributed by atoms with Crippen molar-refractivity contribution in [1.29, 1.82) is 0 Å². The van der Waals surface area contributed by atoms with Crippen LogP contribution in [0.2, 0.25) is 0 Å². The average Bonchev–Trinajstić information content (AvgIpc) is 2.68. The normalized spacial score (nSPS) is 23.6. The van der Waals surface area contributed by atoms with E-state index >= 15 is 0 Å². The summed E-state index contributed by atoms with van der Waals surface area (Å²) in [4.78, 5) is 18.8. The van der Waals surface area contributed by atoms with Crippen molar-refractivity contribution in [2.24, 2.45) is 5.92 Å². The highest BCUT2D eigenvalue weighted by molar-refractivity contribution is 7.89. The van der Waals surface area contributed by atoms with Crippen LogP contribution < -0.4 is 5.32 Å². The van der Waals surface area contributed by atoms with Crippen LogP contribution in [-0.4, -0.2) is 67.8 Å². The fourth-order valence-electron chi connectivity index (χ4n) is 3.66. The maximum atomic E-state index is 12.8. The van der Waals surface area contributed by atoms with E-state index < -0.39 is 10.0 Å². The topological polar surface area (TPSA) is 82.6 Å². The highest BCUT2D eigenvalue weighted by Gasteiger charge is 2.35. The number of piperidine rings is 2. The number of amides is 1. The molecule has 2 fully saturated rings. The van der Waals surface area contributed by atoms with Crippen LogP contribution in [0.25, 0.3) is 0 Å². The van der Waals surface area contributed by atoms with Crippen LogP contribution in [0.5, 0.6) is 0 Å². The largest absolute Gasteiger partial charge is 0.341 e. The molecular weight excluding hydrogens is 340 g/mol. The van der Waals surface area contributed by atoms with E-state index in [0.717, 1.165) is 25.9 Å². The predicted molar refractivity (Wildman–Crippen MR) is 94.4 cm³/mol. The van der Waals surface area contributed by atoms with Crippen molar-refractivity contribution in [2.45, 2.75) is 36.6 Å². The van der Waals surface area contributed by atoms with Crippen molar-refractivity contribution in [2.75, 3.05) is 33.2 Å². The first kappa shape index (κ1) is 18.3. The molecule has 1 N–H and O–H groups in total. The Hall–Kier alpha value is -1.51. The number of nitrogens with one attached hydrogen (secondary N) is 1. The summed E-state index contributed by atoms with van der Waals surface area (Å²) in [7, 11) is -1.58. The summed E-state index contributed by atoms with van der Waals surface area (Å²) in [5, 5.41) is 3.25. The van der Waals surface area contributed by atoms with Gasteiger partial charge in [-0.15, -0.1) is 0 Å². The van der Waals surface area contributed by atoms with Gasteiger partial charge in [-0.25, -0.2) is 8.42 Å². The molecule has 0 aliphatic carbocycles. The molecular formula is C17H26N4O3S. The molecule has 1 aromatic rings. The van der Waals surface area contributed by atoms with Gasteiger partial charge in [-0.3, -0.25) is 9.78 Å². The maximum absolute atomic E-state index is 12.8. The second kappa shape index (κ2) is 7.80. The van der Waals surface area contributed by atoms with Gasteiger partial charge < -0.3 is 10.2 Å². The van der Waals surface area contributed by atoms with Crippen molar-refractivity contribution in [1.82, 2.24) is 19.5 Å². The third-order valence-electron chi connectivity index (χ3n) is 5.22. The first-order chi connectivity index (χ1) is 12.0. The third kappa shape index (κ3) is 4.02. The lowest BCUT2D eigenvalue weighted by Crippen LogP contribution is -2.50. The van der Waals surface area contributed by atoms with Gasteiger partial charge >= 0.3 is 0 Å². The number of sulfonamides is 1. The van der Waals surface area contributed by atoms with Crippen molar-refractivity contribution >= 4 is 15.9 Å². The van der Waals surface area contributed by atoms with E-state index in [0.29, 0.717) is 32.0 Å². The number of rotatable bonds is 4. The highest BCUT2D eigenvalue weighted by atomic mass is 32.2. The number of carbonyl (C=O) groups excluding carboxylic acids is 1. The molecule has 25 heavy (non-hydrogen) atoms. The Morgan fingerprint density at radius 3 is 2.64 bits per heavy atom. The zero-order valence-corrected chi connectivity index (χ0v) is 15.4. The first-order valence-corrected chi connectivity index (χ1v) is 10.3. The summed E-state index contributed by atoms with van der Waals surface area (Å²) >= 11 is 0. The third-order valence-corrected chi connectivity index (χ3v) is 7.10. The summed E-state index contributed by atoms with van der Waals surface area (Å²) in [6, 6.07) is 3.55. The number of pyridine rings is 1. The molecule has 7 nitrogen and oxygen atoms in total. The second-order valence-electron chi connectivity index (χ2n) is 6.78. The molecule has 0 radical (unpaired) electrons. The molecule has 0 aromatic carbocycles. The van der Waals surface area contributed by atoms with Crippen molar-refractivity contribution in [3.63, 3.8) is 0 Å². The molecule has 1 aromatic heterocycles. The molecule has 2 saturated heterocycles. The number of hydrogen-bond acceptors (Lipinski definition) is 5. The molecule has 1 unspecified atom stereocenters. The van der Waals surface area contributed by atoms with Gasteiger partial charge in [0.1, 0.15) is 4.90 Å². The van der Waals surface area contributed by atoms with Crippen molar-refractivity contribution < 1.29 is 13.2 Å². The molecule has 1 atom stereocenters. The van der Waals surface area contributed by atoms with Gasteiger partial charge in [-0.05, 0) is 44.9 Å². The Morgan fingerprint density at radius 2 is 2.00 bits per heavy atom. The van der Waals surface area contributed by atoms with Gasteiger partial charge in [-0.2, -0.15) is 4.31 Å². The first-order valence-electron chi connectivity index (χ1n) is 8.88. The maximum Gasteiger partial charge on any atom is 0.244 e. The van der Waals surface area contributed by atoms with Gasteiger partial charge in [-0.1, -0.05) is 0 Å². The summed E-state index contributed by atoms with van der Waals surface area (Å²) in [5.74, 6) is 0.106. The quantitative estimate of drug-likeness (QED) is 0.848. The molecule has 0 saturated carbocycles. The number of aromatic nitrogens is 1. The van der Waals surface area contributed by atoms with Crippen LogP contribution in [0, 0.1) is 5.92 Å². The van der Waals surface area contributed by atoms with E-state index in [-0.39, 0.29) is 16.7 Å². The monoisotopic (exact) mass is 366 g/mol. The zero-order chi connectivity index (χ0) is 17.9. The number of nitrogens with zero attached hydrogens (tertiary/aromatic N) is 3. The molecule has 2 aliphatic heterocycles. The summed E-state index contributed by atoms with van der Waals surface area (Å²) < 4.78 is 26.7. The molecule has 3 heterocycles. The molecule has 138 valence electrons. The standard InChI is InChI=1S/C17H26N4O3S/c1-18-15-4-3-9-20(13-15)17(22)14-6-10-21(11-7-14)25(23,24)16-5-2-8-19-12-16/h2,5,8,12,14-15,18H,3-4,6-7,9-11,13H2,1H3. The summed E-state index contributed by atoms with van der Waals surface area (Å²) in [6.07, 6.45) is 6.21. The summed E-state index contributed by atoms with van der Waals surface area (Å²) in [6.45, 7) is 2.34. The average molecular weight is 366 g/mol. The minimum Gasteiger partial charge on any atom is -0.341 e. The molecule has 3 rings (SSSR count). The molecule has 0 spiro atoms. The van der Waals surface area contributed by atoms with Crippen LogP contribution in [0.15, 0.2) is 29.4 Å². The van der Waals surface area contributed by atoms with Crippen LogP contribution in [0.3, 0.4) is 0 Å². The van der Waals surface area contributed by atoms with Gasteiger partial charge in [0.2, 0.25) is 15.9 Å². The number of carbonyl (C=O) groups is 1. The number of likely N-dealkylation sites (N-methyl/N-ethyl adjacent to an activating group) is 1. The smallest absolute Gasteiger partial charge is 0.244 e. The van der Waals surface area contributed by atoms with E-state index in [1.807, 2.05) is 11.9 Å². The molecule has 2 aliphatic rings. The lowest BCUT2D eigenvalue weighted by atomic mass is 9.95. The Bertz CT molecular complexity index is 687. The summed E-state index contributed by atoms with van der Waals surface area (Å²) in [5.41, 5.74) is 0. The molecule has 8 heteroatoms. The van der Waals surface area contributed by atoms with Crippen LogP contribution in [0.1, 0.15) is 25.7 Å². The van der Waals surface area contributed by atoms with E-state index in [9.17, 15) is 13.2 Å². The minimum atomic E-state index is -3.51. The molecule has 1 amide bonds. The molecule has 0 bridgehead atoms. The van der Waals surface area contributed by atoms with Gasteiger partial charge in [0.25, 0.3) is 0 Å². The Morgan fingerprint density at radius 1 is 1.24 bits per heavy atom. The van der Waals surface area contributed by atoms with E-state index in [4.69, 9.17) is 0 Å². The van der Waals surface area contributed by atoms with E-state index in [1.165, 1.54) is 10.5 Å².